The lowest BCUT2D eigenvalue weighted by molar-refractivity contribution is 0.372. The molecule has 3 rings (SSSR count). The number of rotatable bonds is 2. The number of hydrogen-bond donors (Lipinski definition) is 1. The largest absolute Gasteiger partial charge is 0.375 e. The normalized spacial score (nSPS) is 17.5. The summed E-state index contributed by atoms with van der Waals surface area (Å²) >= 11 is 8.62. The van der Waals surface area contributed by atoms with Crippen molar-refractivity contribution < 1.29 is 0 Å². The van der Waals surface area contributed by atoms with Gasteiger partial charge in [-0.15, -0.1) is 0 Å². The number of nitrogens with two attached hydrogens (primary N) is 1. The summed E-state index contributed by atoms with van der Waals surface area (Å²) in [6.45, 7) is 2.08. The molecule has 3 nitrogen and oxygen atoms in total. The first-order valence-corrected chi connectivity index (χ1v) is 8.23. The molecule has 1 heterocycles. The summed E-state index contributed by atoms with van der Waals surface area (Å²) in [7, 11) is 0. The SMILES string of the molecule is Cc1ccc(C2CC(c3ccc(Br)cc3)=NN2C(N)=S)cc1. The second-order valence-corrected chi connectivity index (χ2v) is 6.70. The molecule has 1 unspecified atom stereocenters. The molecule has 5 heteroatoms. The van der Waals surface area contributed by atoms with Crippen LogP contribution < -0.4 is 5.73 Å². The average Bonchev–Trinajstić information content (AvgIpc) is 2.94. The number of hydrogen-bond acceptors (Lipinski definition) is 2. The Kier molecular flexibility index (Phi) is 4.27. The monoisotopic (exact) mass is 373 g/mol. The Morgan fingerprint density at radius 1 is 1.18 bits per heavy atom. The van der Waals surface area contributed by atoms with Crippen molar-refractivity contribution in [2.24, 2.45) is 10.8 Å². The molecule has 0 aromatic heterocycles. The summed E-state index contributed by atoms with van der Waals surface area (Å²) in [5.41, 5.74) is 10.4. The molecule has 0 radical (unpaired) electrons. The van der Waals surface area contributed by atoms with E-state index in [0.29, 0.717) is 5.11 Å². The van der Waals surface area contributed by atoms with E-state index in [2.05, 4.69) is 64.4 Å². The Labute approximate surface area is 143 Å². The van der Waals surface area contributed by atoms with Gasteiger partial charge in [0.05, 0.1) is 11.8 Å². The van der Waals surface area contributed by atoms with E-state index >= 15 is 0 Å². The highest BCUT2D eigenvalue weighted by molar-refractivity contribution is 9.10. The maximum Gasteiger partial charge on any atom is 0.187 e. The fourth-order valence-electron chi connectivity index (χ4n) is 2.58. The lowest BCUT2D eigenvalue weighted by Crippen LogP contribution is -2.31. The first kappa shape index (κ1) is 15.2. The number of hydrazone groups is 1. The zero-order valence-electron chi connectivity index (χ0n) is 12.2. The van der Waals surface area contributed by atoms with Crippen molar-refractivity contribution in [3.63, 3.8) is 0 Å². The van der Waals surface area contributed by atoms with Crippen LogP contribution in [0.25, 0.3) is 0 Å². The third-order valence-corrected chi connectivity index (χ3v) is 4.49. The summed E-state index contributed by atoms with van der Waals surface area (Å²) in [5.74, 6) is 0. The van der Waals surface area contributed by atoms with Gasteiger partial charge in [-0.3, -0.25) is 0 Å². The first-order valence-electron chi connectivity index (χ1n) is 7.03. The average molecular weight is 374 g/mol. The maximum atomic E-state index is 5.86. The quantitative estimate of drug-likeness (QED) is 0.803. The predicted molar refractivity (Wildman–Crippen MR) is 97.8 cm³/mol. The van der Waals surface area contributed by atoms with Crippen LogP contribution in [0.3, 0.4) is 0 Å². The molecule has 0 aliphatic carbocycles. The van der Waals surface area contributed by atoms with Crippen molar-refractivity contribution in [2.45, 2.75) is 19.4 Å². The number of nitrogens with zero attached hydrogens (tertiary/aromatic N) is 2. The first-order chi connectivity index (χ1) is 10.5. The zero-order valence-corrected chi connectivity index (χ0v) is 14.6. The number of thiocarbonyl (C=S) groups is 1. The lowest BCUT2D eigenvalue weighted by Gasteiger charge is -2.22. The summed E-state index contributed by atoms with van der Waals surface area (Å²) in [6, 6.07) is 16.6. The molecule has 2 N–H and O–H groups in total. The molecule has 1 aliphatic heterocycles. The molecule has 22 heavy (non-hydrogen) atoms. The smallest absolute Gasteiger partial charge is 0.187 e. The second kappa shape index (κ2) is 6.18. The minimum atomic E-state index is 0.0664. The molecular formula is C17H16BrN3S. The highest BCUT2D eigenvalue weighted by Crippen LogP contribution is 2.32. The standard InChI is InChI=1S/C17H16BrN3S/c1-11-2-4-13(5-3-11)16-10-15(20-21(16)17(19)22)12-6-8-14(18)9-7-12/h2-9,16H,10H2,1H3,(H2,19,22). The molecule has 1 aliphatic rings. The van der Waals surface area contributed by atoms with E-state index in [1.165, 1.54) is 11.1 Å². The zero-order chi connectivity index (χ0) is 15.7. The number of benzene rings is 2. The topological polar surface area (TPSA) is 41.6 Å². The van der Waals surface area contributed by atoms with Crippen molar-refractivity contribution in [2.75, 3.05) is 0 Å². The van der Waals surface area contributed by atoms with E-state index in [-0.39, 0.29) is 6.04 Å². The Hall–Kier alpha value is -1.72. The van der Waals surface area contributed by atoms with Crippen LogP contribution in [0, 0.1) is 6.92 Å². The van der Waals surface area contributed by atoms with E-state index in [1.807, 2.05) is 12.1 Å². The molecule has 2 aromatic carbocycles. The Balaban J connectivity index is 1.92. The summed E-state index contributed by atoms with van der Waals surface area (Å²) in [6.07, 6.45) is 0.794. The van der Waals surface area contributed by atoms with Crippen molar-refractivity contribution in [1.29, 1.82) is 0 Å². The third-order valence-electron chi connectivity index (χ3n) is 3.78. The fraction of sp³-hybridized carbons (Fsp3) is 0.176. The van der Waals surface area contributed by atoms with Gasteiger partial charge < -0.3 is 5.73 Å². The molecule has 0 bridgehead atoms. The van der Waals surface area contributed by atoms with E-state index in [1.54, 1.807) is 5.01 Å². The number of aryl methyl sites for hydroxylation is 1. The van der Waals surface area contributed by atoms with Crippen LogP contribution in [-0.4, -0.2) is 15.8 Å². The lowest BCUT2D eigenvalue weighted by atomic mass is 9.98. The van der Waals surface area contributed by atoms with Crippen molar-refractivity contribution in [3.05, 3.63) is 69.7 Å². The van der Waals surface area contributed by atoms with E-state index in [9.17, 15) is 0 Å². The Morgan fingerprint density at radius 2 is 1.82 bits per heavy atom. The van der Waals surface area contributed by atoms with Gasteiger partial charge in [0.2, 0.25) is 0 Å². The van der Waals surface area contributed by atoms with Crippen LogP contribution in [0.15, 0.2) is 58.1 Å². The van der Waals surface area contributed by atoms with Gasteiger partial charge in [-0.05, 0) is 42.4 Å². The highest BCUT2D eigenvalue weighted by atomic mass is 79.9. The van der Waals surface area contributed by atoms with Gasteiger partial charge in [-0.2, -0.15) is 5.10 Å². The molecular weight excluding hydrogens is 358 g/mol. The molecule has 0 spiro atoms. The van der Waals surface area contributed by atoms with Crippen molar-refractivity contribution in [3.8, 4) is 0 Å². The van der Waals surface area contributed by atoms with E-state index in [0.717, 1.165) is 22.2 Å². The Morgan fingerprint density at radius 3 is 2.41 bits per heavy atom. The molecule has 112 valence electrons. The van der Waals surface area contributed by atoms with Gasteiger partial charge >= 0.3 is 0 Å². The molecule has 0 saturated carbocycles. The minimum Gasteiger partial charge on any atom is -0.375 e. The van der Waals surface area contributed by atoms with Crippen LogP contribution in [0.2, 0.25) is 0 Å². The van der Waals surface area contributed by atoms with Gasteiger partial charge in [0, 0.05) is 10.9 Å². The van der Waals surface area contributed by atoms with Gasteiger partial charge in [-0.1, -0.05) is 57.9 Å². The molecule has 2 aromatic rings. The second-order valence-electron chi connectivity index (χ2n) is 5.37. The molecule has 0 amide bonds. The maximum absolute atomic E-state index is 5.86. The van der Waals surface area contributed by atoms with Crippen LogP contribution in [0.4, 0.5) is 0 Å². The third kappa shape index (κ3) is 3.05. The predicted octanol–water partition coefficient (Wildman–Crippen LogP) is 4.15. The number of halogens is 1. The Bertz CT molecular complexity index is 723. The summed E-state index contributed by atoms with van der Waals surface area (Å²) < 4.78 is 1.05. The molecule has 1 atom stereocenters. The van der Waals surface area contributed by atoms with E-state index < -0.39 is 0 Å². The van der Waals surface area contributed by atoms with Crippen LogP contribution in [0.5, 0.6) is 0 Å². The highest BCUT2D eigenvalue weighted by Gasteiger charge is 2.30. The molecule has 0 saturated heterocycles. The summed E-state index contributed by atoms with van der Waals surface area (Å²) in [4.78, 5) is 0. The van der Waals surface area contributed by atoms with E-state index in [4.69, 9.17) is 18.0 Å². The minimum absolute atomic E-state index is 0.0664. The molecule has 0 fully saturated rings. The van der Waals surface area contributed by atoms with Crippen LogP contribution >= 0.6 is 28.1 Å². The fourth-order valence-corrected chi connectivity index (χ4v) is 3.01. The van der Waals surface area contributed by atoms with Gasteiger partial charge in [-0.25, -0.2) is 5.01 Å². The van der Waals surface area contributed by atoms with Gasteiger partial charge in [0.1, 0.15) is 0 Å². The van der Waals surface area contributed by atoms with Crippen LogP contribution in [-0.2, 0) is 0 Å². The van der Waals surface area contributed by atoms with Gasteiger partial charge in [0.25, 0.3) is 0 Å². The van der Waals surface area contributed by atoms with Crippen molar-refractivity contribution in [1.82, 2.24) is 5.01 Å². The summed E-state index contributed by atoms with van der Waals surface area (Å²) in [5, 5.41) is 6.69. The van der Waals surface area contributed by atoms with Gasteiger partial charge in [0.15, 0.2) is 5.11 Å². The van der Waals surface area contributed by atoms with Crippen LogP contribution in [0.1, 0.15) is 29.2 Å². The van der Waals surface area contributed by atoms with Crippen molar-refractivity contribution >= 4 is 39.0 Å².